The minimum absolute atomic E-state index is 0.480. The molecular formula is C27H27N2O+. The molecule has 0 N–H and O–H groups in total. The van der Waals surface area contributed by atoms with Crippen molar-refractivity contribution in [1.82, 2.24) is 0 Å². The van der Waals surface area contributed by atoms with Crippen LogP contribution in [-0.4, -0.2) is 0 Å². The van der Waals surface area contributed by atoms with Gasteiger partial charge in [-0.15, -0.1) is 0 Å². The van der Waals surface area contributed by atoms with Gasteiger partial charge in [-0.3, -0.25) is 0 Å². The van der Waals surface area contributed by atoms with Crippen LogP contribution in [0.4, 0.5) is 5.69 Å². The first kappa shape index (κ1) is 18.9. The van der Waals surface area contributed by atoms with Crippen molar-refractivity contribution < 1.29 is 8.98 Å². The van der Waals surface area contributed by atoms with Crippen LogP contribution in [0.25, 0.3) is 38.0 Å². The summed E-state index contributed by atoms with van der Waals surface area (Å²) in [5.41, 5.74) is 8.24. The molecule has 1 saturated carbocycles. The number of aryl methyl sites for hydroxylation is 3. The Labute approximate surface area is 177 Å². The summed E-state index contributed by atoms with van der Waals surface area (Å²) in [6.07, 6.45) is 8.25. The molecule has 0 unspecified atom stereocenters. The van der Waals surface area contributed by atoms with Gasteiger partial charge in [-0.1, -0.05) is 37.0 Å². The molecule has 0 radical (unpaired) electrons. The zero-order valence-corrected chi connectivity index (χ0v) is 18.0. The van der Waals surface area contributed by atoms with E-state index in [4.69, 9.17) is 11.0 Å². The number of hydrogen-bond donors (Lipinski definition) is 0. The minimum Gasteiger partial charge on any atom is -0.466 e. The van der Waals surface area contributed by atoms with E-state index in [0.717, 1.165) is 38.9 Å². The summed E-state index contributed by atoms with van der Waals surface area (Å²) in [6.45, 7) is 12.3. The number of benzene rings is 2. The molecule has 0 bridgehead atoms. The molecule has 2 heterocycles. The molecule has 2 aromatic heterocycles. The van der Waals surface area contributed by atoms with Crippen molar-refractivity contribution in [1.29, 1.82) is 0 Å². The van der Waals surface area contributed by atoms with E-state index in [1.807, 2.05) is 6.07 Å². The normalized spacial score (nSPS) is 15.0. The lowest BCUT2D eigenvalue weighted by Gasteiger charge is -2.24. The maximum Gasteiger partial charge on any atom is 0.233 e. The highest BCUT2D eigenvalue weighted by Crippen LogP contribution is 2.47. The van der Waals surface area contributed by atoms with Crippen molar-refractivity contribution in [3.63, 3.8) is 0 Å². The number of hydrogen-bond acceptors (Lipinski definition) is 1. The highest BCUT2D eigenvalue weighted by Gasteiger charge is 2.26. The number of furan rings is 1. The van der Waals surface area contributed by atoms with E-state index in [1.165, 1.54) is 48.8 Å². The number of fused-ring (bicyclic) bond motifs is 3. The van der Waals surface area contributed by atoms with Crippen LogP contribution in [0.15, 0.2) is 47.0 Å². The average molecular weight is 396 g/mol. The molecule has 30 heavy (non-hydrogen) atoms. The number of rotatable bonds is 2. The third-order valence-corrected chi connectivity index (χ3v) is 6.80. The number of nitrogens with zero attached hydrogens (tertiary/aromatic N) is 2. The number of pyridine rings is 1. The molecule has 150 valence electrons. The third-order valence-electron chi connectivity index (χ3n) is 6.80. The van der Waals surface area contributed by atoms with Crippen molar-refractivity contribution >= 4 is 27.6 Å². The molecule has 5 rings (SSSR count). The Bertz CT molecular complexity index is 1320. The maximum absolute atomic E-state index is 8.01. The lowest BCUT2D eigenvalue weighted by molar-refractivity contribution is -0.660. The summed E-state index contributed by atoms with van der Waals surface area (Å²) in [5, 5.41) is 2.16. The molecule has 0 amide bonds. The lowest BCUT2D eigenvalue weighted by atomic mass is 9.81. The SMILES string of the molecule is [C-]#[N+]c1c(C2CCCCC2)c(C)cc2c1oc1c(-c3cccc[n+]3C)c(C)ccc12. The van der Waals surface area contributed by atoms with E-state index in [0.29, 0.717) is 5.92 Å². The second-order valence-corrected chi connectivity index (χ2v) is 8.71. The molecule has 2 aromatic carbocycles. The first-order valence-corrected chi connectivity index (χ1v) is 10.9. The van der Waals surface area contributed by atoms with Gasteiger partial charge >= 0.3 is 0 Å². The molecule has 0 saturated heterocycles. The van der Waals surface area contributed by atoms with E-state index < -0.39 is 0 Å². The molecule has 3 nitrogen and oxygen atoms in total. The van der Waals surface area contributed by atoms with Gasteiger partial charge in [0.15, 0.2) is 6.20 Å². The molecule has 1 aliphatic carbocycles. The summed E-state index contributed by atoms with van der Waals surface area (Å²) in [5.74, 6) is 0.480. The molecule has 4 aromatic rings. The van der Waals surface area contributed by atoms with Gasteiger partial charge < -0.3 is 4.42 Å². The fourth-order valence-corrected chi connectivity index (χ4v) is 5.32. The van der Waals surface area contributed by atoms with Crippen molar-refractivity contribution in [3.05, 3.63) is 70.7 Å². The fraction of sp³-hybridized carbons (Fsp3) is 0.333. The second kappa shape index (κ2) is 7.29. The Morgan fingerprint density at radius 1 is 0.967 bits per heavy atom. The van der Waals surface area contributed by atoms with Crippen LogP contribution in [0.2, 0.25) is 0 Å². The molecule has 1 aliphatic rings. The Balaban J connectivity index is 1.85. The van der Waals surface area contributed by atoms with Crippen molar-refractivity contribution in [2.45, 2.75) is 51.9 Å². The minimum atomic E-state index is 0.480. The van der Waals surface area contributed by atoms with E-state index in [2.05, 4.69) is 66.8 Å². The highest BCUT2D eigenvalue weighted by molar-refractivity contribution is 6.13. The smallest absolute Gasteiger partial charge is 0.233 e. The molecule has 0 spiro atoms. The zero-order chi connectivity index (χ0) is 20.8. The second-order valence-electron chi connectivity index (χ2n) is 8.71. The van der Waals surface area contributed by atoms with E-state index >= 15 is 0 Å². The number of aromatic nitrogens is 1. The maximum atomic E-state index is 8.01. The molecule has 0 atom stereocenters. The van der Waals surface area contributed by atoms with Gasteiger partial charge in [0.05, 0.1) is 12.1 Å². The van der Waals surface area contributed by atoms with Crippen LogP contribution in [0.3, 0.4) is 0 Å². The van der Waals surface area contributed by atoms with E-state index in [9.17, 15) is 0 Å². The molecule has 1 fully saturated rings. The van der Waals surface area contributed by atoms with E-state index in [1.54, 1.807) is 0 Å². The van der Waals surface area contributed by atoms with Crippen molar-refractivity contribution in [3.8, 4) is 11.3 Å². The zero-order valence-electron chi connectivity index (χ0n) is 18.0. The standard InChI is InChI=1S/C27H27N2O/c1-17-13-14-20-21-16-18(2)23(19-10-6-5-7-11-19)25(28-3)27(21)30-26(20)24(17)22-12-8-9-15-29(22)4/h8-9,12-16,19H,5-7,10-11H2,1-2,4H3/q+1. The summed E-state index contributed by atoms with van der Waals surface area (Å²) < 4.78 is 8.68. The summed E-state index contributed by atoms with van der Waals surface area (Å²) in [6, 6.07) is 12.8. The largest absolute Gasteiger partial charge is 0.466 e. The van der Waals surface area contributed by atoms with Crippen LogP contribution >= 0.6 is 0 Å². The van der Waals surface area contributed by atoms with Crippen molar-refractivity contribution in [2.24, 2.45) is 7.05 Å². The van der Waals surface area contributed by atoms with Crippen LogP contribution in [0.5, 0.6) is 0 Å². The van der Waals surface area contributed by atoms with Gasteiger partial charge in [0.1, 0.15) is 18.2 Å². The van der Waals surface area contributed by atoms with Gasteiger partial charge in [0.2, 0.25) is 11.4 Å². The summed E-state index contributed by atoms with van der Waals surface area (Å²) >= 11 is 0. The summed E-state index contributed by atoms with van der Waals surface area (Å²) in [4.78, 5) is 4.02. The molecular weight excluding hydrogens is 368 g/mol. The third kappa shape index (κ3) is 2.82. The van der Waals surface area contributed by atoms with Crippen molar-refractivity contribution in [2.75, 3.05) is 0 Å². The Morgan fingerprint density at radius 2 is 1.77 bits per heavy atom. The predicted octanol–water partition coefficient (Wildman–Crippen LogP) is 7.29. The lowest BCUT2D eigenvalue weighted by Crippen LogP contribution is -2.30. The predicted molar refractivity (Wildman–Crippen MR) is 122 cm³/mol. The van der Waals surface area contributed by atoms with Gasteiger partial charge in [0, 0.05) is 22.9 Å². The van der Waals surface area contributed by atoms with Crippen LogP contribution in [0.1, 0.15) is 54.7 Å². The average Bonchev–Trinajstić information content (AvgIpc) is 3.12. The highest BCUT2D eigenvalue weighted by atomic mass is 16.3. The van der Waals surface area contributed by atoms with Crippen LogP contribution < -0.4 is 4.57 Å². The Hall–Kier alpha value is -3.12. The van der Waals surface area contributed by atoms with Crippen LogP contribution in [-0.2, 0) is 7.05 Å². The van der Waals surface area contributed by atoms with Gasteiger partial charge in [-0.05, 0) is 55.9 Å². The molecule has 3 heteroatoms. The molecule has 0 aliphatic heterocycles. The Morgan fingerprint density at radius 3 is 2.50 bits per heavy atom. The summed E-state index contributed by atoms with van der Waals surface area (Å²) in [7, 11) is 2.06. The van der Waals surface area contributed by atoms with E-state index in [-0.39, 0.29) is 0 Å². The first-order chi connectivity index (χ1) is 14.6. The first-order valence-electron chi connectivity index (χ1n) is 10.9. The van der Waals surface area contributed by atoms with Gasteiger partial charge in [-0.25, -0.2) is 9.41 Å². The van der Waals surface area contributed by atoms with Gasteiger partial charge in [-0.2, -0.15) is 0 Å². The quantitative estimate of drug-likeness (QED) is 0.258. The Kier molecular flexibility index (Phi) is 4.59. The topological polar surface area (TPSA) is 21.4 Å². The van der Waals surface area contributed by atoms with Gasteiger partial charge in [0.25, 0.3) is 0 Å². The van der Waals surface area contributed by atoms with Crippen LogP contribution in [0, 0.1) is 20.4 Å². The monoisotopic (exact) mass is 395 g/mol. The fourth-order valence-electron chi connectivity index (χ4n) is 5.32.